The topological polar surface area (TPSA) is 75.4 Å². The molecule has 0 saturated carbocycles. The van der Waals surface area contributed by atoms with Crippen LogP contribution in [0.2, 0.25) is 0 Å². The number of carbonyl (C=O) groups excluding carboxylic acids is 1. The van der Waals surface area contributed by atoms with E-state index in [4.69, 9.17) is 4.42 Å². The Labute approximate surface area is 104 Å². The predicted octanol–water partition coefficient (Wildman–Crippen LogP) is 1.53. The molecule has 1 atom stereocenters. The quantitative estimate of drug-likeness (QED) is 0.838. The van der Waals surface area contributed by atoms with E-state index in [0.29, 0.717) is 24.4 Å². The molecule has 2 N–H and O–H groups in total. The van der Waals surface area contributed by atoms with Crippen molar-refractivity contribution >= 4 is 5.91 Å². The summed E-state index contributed by atoms with van der Waals surface area (Å²) in [7, 11) is 0. The van der Waals surface area contributed by atoms with E-state index in [-0.39, 0.29) is 5.91 Å². The number of hydrogen-bond donors (Lipinski definition) is 2. The molecule has 0 fully saturated rings. The van der Waals surface area contributed by atoms with Gasteiger partial charge in [-0.25, -0.2) is 0 Å². The lowest BCUT2D eigenvalue weighted by atomic mass is 10.2. The highest BCUT2D eigenvalue weighted by Crippen LogP contribution is 2.15. The fraction of sp³-hybridized carbons (Fsp3) is 0.231. The summed E-state index contributed by atoms with van der Waals surface area (Å²) in [6.45, 7) is 0.358. The van der Waals surface area contributed by atoms with Crippen molar-refractivity contribution in [2.24, 2.45) is 0 Å². The van der Waals surface area contributed by atoms with Crippen LogP contribution >= 0.6 is 0 Å². The number of aliphatic hydroxyl groups is 1. The highest BCUT2D eigenvalue weighted by atomic mass is 16.4. The molecule has 18 heavy (non-hydrogen) atoms. The summed E-state index contributed by atoms with van der Waals surface area (Å²) in [6, 6.07) is 8.55. The van der Waals surface area contributed by atoms with Crippen LogP contribution < -0.4 is 5.32 Å². The maximum Gasteiger partial charge on any atom is 0.269 e. The summed E-state index contributed by atoms with van der Waals surface area (Å²) in [6.07, 6.45) is 2.76. The van der Waals surface area contributed by atoms with Gasteiger partial charge in [0.2, 0.25) is 0 Å². The first-order chi connectivity index (χ1) is 8.77. The van der Waals surface area contributed by atoms with Gasteiger partial charge in [0.25, 0.3) is 5.91 Å². The number of hydrogen-bond acceptors (Lipinski definition) is 4. The molecule has 2 rings (SSSR count). The average molecular weight is 246 g/mol. The zero-order chi connectivity index (χ0) is 12.8. The summed E-state index contributed by atoms with van der Waals surface area (Å²) >= 11 is 0. The minimum atomic E-state index is -0.705. The van der Waals surface area contributed by atoms with Crippen molar-refractivity contribution in [1.29, 1.82) is 0 Å². The largest absolute Gasteiger partial charge is 0.467 e. The second kappa shape index (κ2) is 5.97. The molecule has 0 aromatic carbocycles. The van der Waals surface area contributed by atoms with Crippen LogP contribution in [0, 0.1) is 0 Å². The van der Waals surface area contributed by atoms with E-state index >= 15 is 0 Å². The normalized spacial score (nSPS) is 12.1. The lowest BCUT2D eigenvalue weighted by Crippen LogP contribution is -2.26. The summed E-state index contributed by atoms with van der Waals surface area (Å²) in [5.41, 5.74) is 0.366. The van der Waals surface area contributed by atoms with Crippen LogP contribution in [0.15, 0.2) is 47.2 Å². The monoisotopic (exact) mass is 246 g/mol. The minimum Gasteiger partial charge on any atom is -0.467 e. The molecule has 94 valence electrons. The number of aromatic nitrogens is 1. The summed E-state index contributed by atoms with van der Waals surface area (Å²) in [5, 5.41) is 12.4. The molecule has 0 spiro atoms. The molecule has 0 radical (unpaired) electrons. The van der Waals surface area contributed by atoms with Gasteiger partial charge in [-0.2, -0.15) is 0 Å². The van der Waals surface area contributed by atoms with Gasteiger partial charge in [0, 0.05) is 12.7 Å². The van der Waals surface area contributed by atoms with Crippen molar-refractivity contribution in [2.75, 3.05) is 6.54 Å². The van der Waals surface area contributed by atoms with E-state index < -0.39 is 6.10 Å². The third-order valence-electron chi connectivity index (χ3n) is 2.47. The van der Waals surface area contributed by atoms with Gasteiger partial charge in [-0.3, -0.25) is 9.78 Å². The van der Waals surface area contributed by atoms with Crippen LogP contribution in [0.25, 0.3) is 0 Å². The lowest BCUT2D eigenvalue weighted by molar-refractivity contribution is 0.0931. The molecule has 0 saturated heterocycles. The van der Waals surface area contributed by atoms with Crippen LogP contribution in [0.4, 0.5) is 0 Å². The second-order valence-corrected chi connectivity index (χ2v) is 3.79. The Hall–Kier alpha value is -2.14. The first kappa shape index (κ1) is 12.3. The standard InChI is InChI=1S/C13H14N2O3/c16-11(12-5-3-9-18-12)6-8-15-13(17)10-4-1-2-7-14-10/h1-5,7,9,11,16H,6,8H2,(H,15,17)/t11-/m0/s1. The van der Waals surface area contributed by atoms with E-state index in [0.717, 1.165) is 0 Å². The van der Waals surface area contributed by atoms with Gasteiger partial charge in [-0.15, -0.1) is 0 Å². The molecule has 2 aromatic heterocycles. The maximum atomic E-state index is 11.6. The fourth-order valence-electron chi connectivity index (χ4n) is 1.53. The van der Waals surface area contributed by atoms with E-state index in [9.17, 15) is 9.90 Å². The smallest absolute Gasteiger partial charge is 0.269 e. The second-order valence-electron chi connectivity index (χ2n) is 3.79. The first-order valence-corrected chi connectivity index (χ1v) is 5.68. The molecule has 1 amide bonds. The predicted molar refractivity (Wildman–Crippen MR) is 64.9 cm³/mol. The van der Waals surface area contributed by atoms with E-state index in [1.165, 1.54) is 6.26 Å². The van der Waals surface area contributed by atoms with Gasteiger partial charge in [-0.1, -0.05) is 6.07 Å². The van der Waals surface area contributed by atoms with Crippen molar-refractivity contribution in [2.45, 2.75) is 12.5 Å². The van der Waals surface area contributed by atoms with Crippen molar-refractivity contribution in [3.05, 3.63) is 54.2 Å². The van der Waals surface area contributed by atoms with Crippen LogP contribution in [-0.2, 0) is 0 Å². The Morgan fingerprint density at radius 3 is 2.94 bits per heavy atom. The van der Waals surface area contributed by atoms with Crippen molar-refractivity contribution in [3.8, 4) is 0 Å². The van der Waals surface area contributed by atoms with E-state index in [1.807, 2.05) is 0 Å². The molecular formula is C13H14N2O3. The molecule has 0 unspecified atom stereocenters. The molecule has 5 nitrogen and oxygen atoms in total. The third kappa shape index (κ3) is 3.18. The maximum absolute atomic E-state index is 11.6. The molecule has 2 heterocycles. The summed E-state index contributed by atoms with van der Waals surface area (Å²) in [4.78, 5) is 15.6. The Bertz CT molecular complexity index is 482. The Kier molecular flexibility index (Phi) is 4.09. The van der Waals surface area contributed by atoms with Crippen LogP contribution in [0.5, 0.6) is 0 Å². The zero-order valence-corrected chi connectivity index (χ0v) is 9.74. The molecule has 0 aliphatic rings. The number of pyridine rings is 1. The average Bonchev–Trinajstić information content (AvgIpc) is 2.93. The third-order valence-corrected chi connectivity index (χ3v) is 2.47. The van der Waals surface area contributed by atoms with Gasteiger partial charge >= 0.3 is 0 Å². The summed E-state index contributed by atoms with van der Waals surface area (Å²) in [5.74, 6) is 0.254. The first-order valence-electron chi connectivity index (χ1n) is 5.68. The minimum absolute atomic E-state index is 0.248. The van der Waals surface area contributed by atoms with Crippen LogP contribution in [0.1, 0.15) is 28.8 Å². The number of amides is 1. The number of nitrogens with zero attached hydrogens (tertiary/aromatic N) is 1. The SMILES string of the molecule is O=C(NCC[C@H](O)c1ccco1)c1ccccn1. The fourth-order valence-corrected chi connectivity index (χ4v) is 1.53. The lowest BCUT2D eigenvalue weighted by Gasteiger charge is -2.08. The molecule has 0 aliphatic carbocycles. The van der Waals surface area contributed by atoms with Crippen molar-refractivity contribution in [1.82, 2.24) is 10.3 Å². The Balaban J connectivity index is 1.77. The molecule has 0 bridgehead atoms. The van der Waals surface area contributed by atoms with Gasteiger partial charge in [0.15, 0.2) is 0 Å². The number of aliphatic hydroxyl groups excluding tert-OH is 1. The highest BCUT2D eigenvalue weighted by molar-refractivity contribution is 5.92. The zero-order valence-electron chi connectivity index (χ0n) is 9.74. The number of carbonyl (C=O) groups is 1. The highest BCUT2D eigenvalue weighted by Gasteiger charge is 2.11. The van der Waals surface area contributed by atoms with E-state index in [2.05, 4.69) is 10.3 Å². The van der Waals surface area contributed by atoms with Crippen LogP contribution in [0.3, 0.4) is 0 Å². The van der Waals surface area contributed by atoms with Gasteiger partial charge in [0.1, 0.15) is 17.6 Å². The number of rotatable bonds is 5. The summed E-state index contributed by atoms with van der Waals surface area (Å²) < 4.78 is 5.06. The molecular weight excluding hydrogens is 232 g/mol. The van der Waals surface area contributed by atoms with Crippen molar-refractivity contribution < 1.29 is 14.3 Å². The molecule has 0 aliphatic heterocycles. The number of nitrogens with one attached hydrogen (secondary N) is 1. The molecule has 2 aromatic rings. The Morgan fingerprint density at radius 2 is 2.28 bits per heavy atom. The van der Waals surface area contributed by atoms with Crippen molar-refractivity contribution in [3.63, 3.8) is 0 Å². The van der Waals surface area contributed by atoms with Gasteiger partial charge in [-0.05, 0) is 30.7 Å². The number of furan rings is 1. The molecule has 5 heteroatoms. The van der Waals surface area contributed by atoms with Crippen LogP contribution in [-0.4, -0.2) is 22.5 Å². The van der Waals surface area contributed by atoms with E-state index in [1.54, 1.807) is 36.5 Å². The Morgan fingerprint density at radius 1 is 1.39 bits per heavy atom. The van der Waals surface area contributed by atoms with Gasteiger partial charge in [0.05, 0.1) is 6.26 Å². The van der Waals surface area contributed by atoms with Gasteiger partial charge < -0.3 is 14.8 Å².